The molecule has 0 heterocycles. The second-order valence-electron chi connectivity index (χ2n) is 6.28. The van der Waals surface area contributed by atoms with Gasteiger partial charge >= 0.3 is 0 Å². The van der Waals surface area contributed by atoms with Gasteiger partial charge in [0, 0.05) is 6.42 Å². The molecule has 1 aliphatic carbocycles. The highest BCUT2D eigenvalue weighted by Gasteiger charge is 2.37. The minimum absolute atomic E-state index is 0.460. The van der Waals surface area contributed by atoms with Crippen LogP contribution in [0.2, 0.25) is 39.3 Å². The van der Waals surface area contributed by atoms with Crippen LogP contribution in [0.25, 0.3) is 0 Å². The molecule has 80 valence electrons. The number of carbonyl (C=O) groups excluding carboxylic acids is 1. The fraction of sp³-hybridized carbons (Fsp3) is 0.727. The van der Waals surface area contributed by atoms with Gasteiger partial charge in [-0.25, -0.2) is 0 Å². The maximum Gasteiger partial charge on any atom is 0.154 e. The van der Waals surface area contributed by atoms with Gasteiger partial charge in [0.05, 0.1) is 16.1 Å². The van der Waals surface area contributed by atoms with Crippen molar-refractivity contribution in [3.63, 3.8) is 0 Å². The summed E-state index contributed by atoms with van der Waals surface area (Å²) < 4.78 is 0. The Labute approximate surface area is 89.6 Å². The third-order valence-corrected chi connectivity index (χ3v) is 7.48. The zero-order valence-electron chi connectivity index (χ0n) is 10.3. The van der Waals surface area contributed by atoms with Crippen molar-refractivity contribution in [3.05, 3.63) is 10.4 Å². The van der Waals surface area contributed by atoms with Crippen molar-refractivity contribution < 1.29 is 4.79 Å². The average Bonchev–Trinajstić information content (AvgIpc) is 2.27. The van der Waals surface area contributed by atoms with Crippen molar-refractivity contribution >= 4 is 21.9 Å². The number of allylic oxidation sites excluding steroid dienone is 2. The molecule has 0 saturated carbocycles. The number of rotatable bonds is 2. The first-order valence-electron chi connectivity index (χ1n) is 5.41. The summed E-state index contributed by atoms with van der Waals surface area (Å²) in [6, 6.07) is 0. The zero-order valence-corrected chi connectivity index (χ0v) is 12.3. The van der Waals surface area contributed by atoms with Crippen LogP contribution >= 0.6 is 0 Å². The molecule has 3 heteroatoms. The number of hydrogen-bond donors (Lipinski definition) is 0. The lowest BCUT2D eigenvalue weighted by atomic mass is 10.3. The molecule has 0 aromatic rings. The van der Waals surface area contributed by atoms with E-state index in [4.69, 9.17) is 0 Å². The molecule has 0 spiro atoms. The highest BCUT2D eigenvalue weighted by Crippen LogP contribution is 2.35. The van der Waals surface area contributed by atoms with Crippen LogP contribution < -0.4 is 0 Å². The number of Topliss-reactive ketones (excluding diaryl/α,β-unsaturated/α-hetero) is 1. The maximum atomic E-state index is 11.9. The molecule has 0 aliphatic heterocycles. The molecule has 0 N–H and O–H groups in total. The van der Waals surface area contributed by atoms with E-state index >= 15 is 0 Å². The summed E-state index contributed by atoms with van der Waals surface area (Å²) in [7, 11) is -2.64. The van der Waals surface area contributed by atoms with Crippen molar-refractivity contribution in [2.24, 2.45) is 0 Å². The minimum atomic E-state index is -1.40. The minimum Gasteiger partial charge on any atom is -0.295 e. The first-order valence-corrected chi connectivity index (χ1v) is 12.4. The molecule has 0 atom stereocenters. The van der Waals surface area contributed by atoms with E-state index in [0.29, 0.717) is 5.78 Å². The van der Waals surface area contributed by atoms with Crippen molar-refractivity contribution in [1.29, 1.82) is 0 Å². The standard InChI is InChI=1S/C11H22OSi2/c1-13(2,3)10-8-7-9(12)11(10)14(4,5)6/h7-8H2,1-6H3. The summed E-state index contributed by atoms with van der Waals surface area (Å²) in [4.78, 5) is 11.9. The first-order chi connectivity index (χ1) is 6.14. The van der Waals surface area contributed by atoms with Gasteiger partial charge in [0.15, 0.2) is 5.78 Å². The third kappa shape index (κ3) is 2.26. The van der Waals surface area contributed by atoms with Crippen molar-refractivity contribution in [1.82, 2.24) is 0 Å². The summed E-state index contributed by atoms with van der Waals surface area (Å²) in [5, 5.41) is 2.86. The molecule has 1 rings (SSSR count). The highest BCUT2D eigenvalue weighted by atomic mass is 28.3. The average molecular weight is 226 g/mol. The molecule has 0 radical (unpaired) electrons. The predicted octanol–water partition coefficient (Wildman–Crippen LogP) is 3.40. The van der Waals surface area contributed by atoms with Gasteiger partial charge in [-0.15, -0.1) is 0 Å². The van der Waals surface area contributed by atoms with Gasteiger partial charge in [0.25, 0.3) is 0 Å². The molecule has 0 aromatic heterocycles. The Bertz CT molecular complexity index is 289. The van der Waals surface area contributed by atoms with E-state index in [2.05, 4.69) is 39.3 Å². The third-order valence-electron chi connectivity index (χ3n) is 2.84. The van der Waals surface area contributed by atoms with Crippen LogP contribution in [0.1, 0.15) is 12.8 Å². The van der Waals surface area contributed by atoms with Gasteiger partial charge in [0.2, 0.25) is 0 Å². The van der Waals surface area contributed by atoms with E-state index in [1.165, 1.54) is 5.20 Å². The lowest BCUT2D eigenvalue weighted by Gasteiger charge is -2.25. The van der Waals surface area contributed by atoms with E-state index in [0.717, 1.165) is 12.8 Å². The van der Waals surface area contributed by atoms with E-state index in [1.54, 1.807) is 5.20 Å². The van der Waals surface area contributed by atoms with Crippen molar-refractivity contribution in [2.75, 3.05) is 0 Å². The Kier molecular flexibility index (Phi) is 2.94. The molecular formula is C11H22OSi2. The molecule has 0 saturated heterocycles. The molecule has 0 amide bonds. The van der Waals surface area contributed by atoms with Crippen LogP contribution in [-0.2, 0) is 4.79 Å². The second kappa shape index (κ2) is 3.45. The largest absolute Gasteiger partial charge is 0.295 e. The zero-order chi connectivity index (χ0) is 11.1. The molecule has 0 bridgehead atoms. The topological polar surface area (TPSA) is 17.1 Å². The number of hydrogen-bond acceptors (Lipinski definition) is 1. The van der Waals surface area contributed by atoms with E-state index in [1.807, 2.05) is 0 Å². The summed E-state index contributed by atoms with van der Waals surface area (Å²) in [6.45, 7) is 14.0. The van der Waals surface area contributed by atoms with Crippen LogP contribution in [0.4, 0.5) is 0 Å². The molecule has 0 fully saturated rings. The number of ketones is 1. The van der Waals surface area contributed by atoms with Crippen LogP contribution in [0.5, 0.6) is 0 Å². The van der Waals surface area contributed by atoms with Gasteiger partial charge in [-0.3, -0.25) is 4.79 Å². The molecule has 1 aliphatic rings. The van der Waals surface area contributed by atoms with Crippen molar-refractivity contribution in [3.8, 4) is 0 Å². The molecule has 0 aromatic carbocycles. The van der Waals surface area contributed by atoms with Gasteiger partial charge in [-0.05, 0) is 11.6 Å². The Morgan fingerprint density at radius 2 is 1.36 bits per heavy atom. The van der Waals surface area contributed by atoms with Crippen LogP contribution in [0, 0.1) is 0 Å². The van der Waals surface area contributed by atoms with Crippen LogP contribution in [0.3, 0.4) is 0 Å². The van der Waals surface area contributed by atoms with Crippen molar-refractivity contribution in [2.45, 2.75) is 52.1 Å². The summed E-state index contributed by atoms with van der Waals surface area (Å²) in [5.41, 5.74) is 0. The van der Waals surface area contributed by atoms with E-state index < -0.39 is 16.1 Å². The lowest BCUT2D eigenvalue weighted by Crippen LogP contribution is -2.33. The van der Waals surface area contributed by atoms with Gasteiger partial charge in [-0.2, -0.15) is 0 Å². The van der Waals surface area contributed by atoms with Gasteiger partial charge in [-0.1, -0.05) is 44.5 Å². The fourth-order valence-corrected chi connectivity index (χ4v) is 8.28. The molecule has 1 nitrogen and oxygen atoms in total. The first kappa shape index (κ1) is 11.9. The second-order valence-corrected chi connectivity index (χ2v) is 16.4. The van der Waals surface area contributed by atoms with Crippen LogP contribution in [-0.4, -0.2) is 21.9 Å². The van der Waals surface area contributed by atoms with Gasteiger partial charge in [0.1, 0.15) is 0 Å². The SMILES string of the molecule is C[Si](C)(C)C1=C([Si](C)(C)C)C(=O)CC1. The Morgan fingerprint density at radius 1 is 0.857 bits per heavy atom. The Morgan fingerprint density at radius 3 is 1.64 bits per heavy atom. The Balaban J connectivity index is 3.23. The summed E-state index contributed by atoms with van der Waals surface area (Å²) in [5.74, 6) is 0.460. The summed E-state index contributed by atoms with van der Waals surface area (Å²) >= 11 is 0. The Hall–Kier alpha value is -0.156. The number of carbonyl (C=O) groups is 1. The summed E-state index contributed by atoms with van der Waals surface area (Å²) in [6.07, 6.45) is 1.85. The normalized spacial score (nSPS) is 19.4. The molecular weight excluding hydrogens is 204 g/mol. The van der Waals surface area contributed by atoms with Gasteiger partial charge < -0.3 is 0 Å². The quantitative estimate of drug-likeness (QED) is 0.660. The van der Waals surface area contributed by atoms with E-state index in [9.17, 15) is 4.79 Å². The molecule has 0 unspecified atom stereocenters. The maximum absolute atomic E-state index is 11.9. The van der Waals surface area contributed by atoms with Crippen LogP contribution in [0.15, 0.2) is 10.4 Å². The predicted molar refractivity (Wildman–Crippen MR) is 68.0 cm³/mol. The molecule has 14 heavy (non-hydrogen) atoms. The fourth-order valence-electron chi connectivity index (χ4n) is 2.28. The highest BCUT2D eigenvalue weighted by molar-refractivity contribution is 6.92. The lowest BCUT2D eigenvalue weighted by molar-refractivity contribution is -0.114. The smallest absolute Gasteiger partial charge is 0.154 e. The van der Waals surface area contributed by atoms with E-state index in [-0.39, 0.29) is 0 Å². The monoisotopic (exact) mass is 226 g/mol.